The molecule has 2 atom stereocenters. The number of carbonyl (C=O) groups is 2. The molecule has 1 aromatic heterocycles. The number of aliphatic carboxylic acids is 1. The lowest BCUT2D eigenvalue weighted by Gasteiger charge is -2.22. The van der Waals surface area contributed by atoms with Gasteiger partial charge in [-0.1, -0.05) is 19.3 Å². The standard InChI is InChI=1S/C17H27N3O3/c1-11-13(12(2)20(3)19-11)9-10-16(21)18-15-8-6-4-5-7-14(15)17(22)23/h14-15H,4-10H2,1-3H3,(H,18,21)(H,22,23)/t14-,15+/m1/s1. The minimum Gasteiger partial charge on any atom is -0.481 e. The van der Waals surface area contributed by atoms with Gasteiger partial charge >= 0.3 is 5.97 Å². The van der Waals surface area contributed by atoms with Crippen molar-refractivity contribution >= 4 is 11.9 Å². The molecular weight excluding hydrogens is 294 g/mol. The van der Waals surface area contributed by atoms with Crippen molar-refractivity contribution in [2.24, 2.45) is 13.0 Å². The van der Waals surface area contributed by atoms with Crippen molar-refractivity contribution in [3.05, 3.63) is 17.0 Å². The molecule has 0 spiro atoms. The van der Waals surface area contributed by atoms with Crippen LogP contribution in [0.4, 0.5) is 0 Å². The SMILES string of the molecule is Cc1nn(C)c(C)c1CCC(=O)N[C@H]1CCCCC[C@H]1C(=O)O. The third-order valence-corrected chi connectivity index (χ3v) is 4.94. The summed E-state index contributed by atoms with van der Waals surface area (Å²) >= 11 is 0. The Balaban J connectivity index is 1.93. The van der Waals surface area contributed by atoms with Crippen LogP contribution in [0.15, 0.2) is 0 Å². The van der Waals surface area contributed by atoms with Crippen molar-refractivity contribution in [1.82, 2.24) is 15.1 Å². The highest BCUT2D eigenvalue weighted by atomic mass is 16.4. The summed E-state index contributed by atoms with van der Waals surface area (Å²) in [5.41, 5.74) is 3.14. The Morgan fingerprint density at radius 2 is 1.96 bits per heavy atom. The Kier molecular flexibility index (Phi) is 5.80. The number of carboxylic acid groups (broad SMARTS) is 1. The predicted octanol–water partition coefficient (Wildman–Crippen LogP) is 2.12. The van der Waals surface area contributed by atoms with E-state index in [0.29, 0.717) is 19.3 Å². The number of aromatic nitrogens is 2. The topological polar surface area (TPSA) is 84.2 Å². The van der Waals surface area contributed by atoms with Gasteiger partial charge in [-0.25, -0.2) is 0 Å². The molecule has 0 aliphatic heterocycles. The lowest BCUT2D eigenvalue weighted by atomic mass is 9.94. The van der Waals surface area contributed by atoms with Gasteiger partial charge < -0.3 is 10.4 Å². The van der Waals surface area contributed by atoms with E-state index < -0.39 is 11.9 Å². The first kappa shape index (κ1) is 17.5. The molecule has 0 bridgehead atoms. The Hall–Kier alpha value is -1.85. The number of aryl methyl sites for hydroxylation is 2. The number of nitrogens with one attached hydrogen (secondary N) is 1. The van der Waals surface area contributed by atoms with Gasteiger partial charge in [0.25, 0.3) is 0 Å². The van der Waals surface area contributed by atoms with Gasteiger partial charge in [-0.3, -0.25) is 14.3 Å². The number of hydrogen-bond donors (Lipinski definition) is 2. The molecule has 0 saturated heterocycles. The molecule has 1 fully saturated rings. The van der Waals surface area contributed by atoms with Crippen LogP contribution in [0.3, 0.4) is 0 Å². The van der Waals surface area contributed by atoms with Crippen LogP contribution in [0.5, 0.6) is 0 Å². The molecule has 0 unspecified atom stereocenters. The Morgan fingerprint density at radius 3 is 2.57 bits per heavy atom. The van der Waals surface area contributed by atoms with Gasteiger partial charge in [0.2, 0.25) is 5.91 Å². The second kappa shape index (κ2) is 7.62. The van der Waals surface area contributed by atoms with E-state index in [1.807, 2.05) is 25.6 Å². The lowest BCUT2D eigenvalue weighted by molar-refractivity contribution is -0.143. The van der Waals surface area contributed by atoms with Gasteiger partial charge in [0.15, 0.2) is 0 Å². The summed E-state index contributed by atoms with van der Waals surface area (Å²) in [4.78, 5) is 23.7. The van der Waals surface area contributed by atoms with Crippen molar-refractivity contribution < 1.29 is 14.7 Å². The second-order valence-electron chi connectivity index (χ2n) is 6.53. The minimum absolute atomic E-state index is 0.0641. The fourth-order valence-corrected chi connectivity index (χ4v) is 3.47. The molecular formula is C17H27N3O3. The van der Waals surface area contributed by atoms with Gasteiger partial charge in [-0.15, -0.1) is 0 Å². The van der Waals surface area contributed by atoms with E-state index in [4.69, 9.17) is 0 Å². The van der Waals surface area contributed by atoms with Crippen LogP contribution in [-0.4, -0.2) is 32.8 Å². The van der Waals surface area contributed by atoms with E-state index in [1.165, 1.54) is 0 Å². The number of carbonyl (C=O) groups excluding carboxylic acids is 1. The summed E-state index contributed by atoms with van der Waals surface area (Å²) in [5, 5.41) is 16.7. The zero-order chi connectivity index (χ0) is 17.0. The van der Waals surface area contributed by atoms with E-state index in [1.54, 1.807) is 0 Å². The van der Waals surface area contributed by atoms with Crippen molar-refractivity contribution in [3.8, 4) is 0 Å². The summed E-state index contributed by atoms with van der Waals surface area (Å²) in [5.74, 6) is -1.31. The van der Waals surface area contributed by atoms with Crippen LogP contribution in [0.2, 0.25) is 0 Å². The van der Waals surface area contributed by atoms with Crippen molar-refractivity contribution in [2.75, 3.05) is 0 Å². The largest absolute Gasteiger partial charge is 0.481 e. The summed E-state index contributed by atoms with van der Waals surface area (Å²) in [6.45, 7) is 3.95. The van der Waals surface area contributed by atoms with Crippen molar-refractivity contribution in [3.63, 3.8) is 0 Å². The lowest BCUT2D eigenvalue weighted by Crippen LogP contribution is -2.42. The van der Waals surface area contributed by atoms with Crippen LogP contribution >= 0.6 is 0 Å². The van der Waals surface area contributed by atoms with Crippen molar-refractivity contribution in [1.29, 1.82) is 0 Å². The molecule has 1 amide bonds. The van der Waals surface area contributed by atoms with E-state index in [0.717, 1.165) is 42.6 Å². The third-order valence-electron chi connectivity index (χ3n) is 4.94. The summed E-state index contributed by atoms with van der Waals surface area (Å²) in [6, 6.07) is -0.237. The number of carboxylic acids is 1. The smallest absolute Gasteiger partial charge is 0.308 e. The number of nitrogens with zero attached hydrogens (tertiary/aromatic N) is 2. The highest BCUT2D eigenvalue weighted by Crippen LogP contribution is 2.24. The summed E-state index contributed by atoms with van der Waals surface area (Å²) < 4.78 is 1.83. The Labute approximate surface area is 137 Å². The molecule has 1 aliphatic rings. The van der Waals surface area contributed by atoms with Gasteiger partial charge in [-0.05, 0) is 38.7 Å². The number of amides is 1. The summed E-state index contributed by atoms with van der Waals surface area (Å²) in [7, 11) is 1.90. The molecule has 1 aromatic rings. The maximum atomic E-state index is 12.3. The van der Waals surface area contributed by atoms with E-state index >= 15 is 0 Å². The third kappa shape index (κ3) is 4.33. The number of hydrogen-bond acceptors (Lipinski definition) is 3. The molecule has 1 heterocycles. The zero-order valence-corrected chi connectivity index (χ0v) is 14.3. The molecule has 2 rings (SSSR count). The maximum absolute atomic E-state index is 12.3. The van der Waals surface area contributed by atoms with Gasteiger partial charge in [0.1, 0.15) is 0 Å². The first-order chi connectivity index (χ1) is 10.9. The first-order valence-electron chi connectivity index (χ1n) is 8.41. The monoisotopic (exact) mass is 321 g/mol. The molecule has 0 radical (unpaired) electrons. The van der Waals surface area contributed by atoms with E-state index in [2.05, 4.69) is 10.4 Å². The Morgan fingerprint density at radius 1 is 1.26 bits per heavy atom. The predicted molar refractivity (Wildman–Crippen MR) is 87.1 cm³/mol. The van der Waals surface area contributed by atoms with E-state index in [9.17, 15) is 14.7 Å². The van der Waals surface area contributed by atoms with Crippen LogP contribution in [0.25, 0.3) is 0 Å². The molecule has 2 N–H and O–H groups in total. The Bertz CT molecular complexity index is 580. The fraction of sp³-hybridized carbons (Fsp3) is 0.706. The van der Waals surface area contributed by atoms with Crippen LogP contribution < -0.4 is 5.32 Å². The van der Waals surface area contributed by atoms with Crippen molar-refractivity contribution in [2.45, 2.75) is 64.8 Å². The van der Waals surface area contributed by atoms with Crippen LogP contribution in [0.1, 0.15) is 55.5 Å². The van der Waals surface area contributed by atoms with E-state index in [-0.39, 0.29) is 11.9 Å². The van der Waals surface area contributed by atoms with Gasteiger partial charge in [0.05, 0.1) is 11.6 Å². The molecule has 1 saturated carbocycles. The average Bonchev–Trinajstić information content (AvgIpc) is 2.67. The molecule has 23 heavy (non-hydrogen) atoms. The van der Waals surface area contributed by atoms with Crippen LogP contribution in [0, 0.1) is 19.8 Å². The highest BCUT2D eigenvalue weighted by molar-refractivity contribution is 5.78. The zero-order valence-electron chi connectivity index (χ0n) is 14.3. The quantitative estimate of drug-likeness (QED) is 0.814. The molecule has 128 valence electrons. The normalized spacial score (nSPS) is 21.7. The summed E-state index contributed by atoms with van der Waals surface area (Å²) in [6.07, 6.45) is 5.38. The fourth-order valence-electron chi connectivity index (χ4n) is 3.47. The van der Waals surface area contributed by atoms with Crippen LogP contribution in [-0.2, 0) is 23.1 Å². The number of rotatable bonds is 5. The maximum Gasteiger partial charge on any atom is 0.308 e. The average molecular weight is 321 g/mol. The van der Waals surface area contributed by atoms with Gasteiger partial charge in [-0.2, -0.15) is 5.10 Å². The van der Waals surface area contributed by atoms with Gasteiger partial charge in [0, 0.05) is 25.2 Å². The minimum atomic E-state index is -0.795. The highest BCUT2D eigenvalue weighted by Gasteiger charge is 2.30. The molecule has 0 aromatic carbocycles. The molecule has 1 aliphatic carbocycles. The molecule has 6 heteroatoms. The molecule has 6 nitrogen and oxygen atoms in total. The second-order valence-corrected chi connectivity index (χ2v) is 6.53. The first-order valence-corrected chi connectivity index (χ1v) is 8.41.